The molecule has 0 unspecified atom stereocenters. The molecule has 6 nitrogen and oxygen atoms in total. The molecule has 1 N–H and O–H groups in total. The van der Waals surface area contributed by atoms with Crippen LogP contribution in [-0.4, -0.2) is 25.5 Å². The molecule has 3 aromatic heterocycles. The Bertz CT molecular complexity index is 707. The molecular formula is C13H11N5O. The van der Waals surface area contributed by atoms with E-state index in [2.05, 4.69) is 20.4 Å². The molecule has 0 fully saturated rings. The summed E-state index contributed by atoms with van der Waals surface area (Å²) in [6.45, 7) is 0.427. The zero-order valence-electron chi connectivity index (χ0n) is 10.0. The van der Waals surface area contributed by atoms with Crippen molar-refractivity contribution in [3.63, 3.8) is 0 Å². The lowest BCUT2D eigenvalue weighted by Crippen LogP contribution is -2.24. The summed E-state index contributed by atoms with van der Waals surface area (Å²) in [5.74, 6) is -0.223. The minimum Gasteiger partial charge on any atom is -0.347 e. The second-order valence-electron chi connectivity index (χ2n) is 3.99. The van der Waals surface area contributed by atoms with E-state index in [1.54, 1.807) is 41.4 Å². The first kappa shape index (κ1) is 11.3. The Morgan fingerprint density at radius 1 is 1.26 bits per heavy atom. The number of carbonyl (C=O) groups excluding carboxylic acids is 1. The first-order chi connectivity index (χ1) is 9.33. The molecule has 0 saturated carbocycles. The summed E-state index contributed by atoms with van der Waals surface area (Å²) in [6.07, 6.45) is 6.75. The highest BCUT2D eigenvalue weighted by Crippen LogP contribution is 2.01. The molecular weight excluding hydrogens is 242 g/mol. The summed E-state index contributed by atoms with van der Waals surface area (Å²) in [5, 5.41) is 6.97. The van der Waals surface area contributed by atoms with Crippen LogP contribution in [0.3, 0.4) is 0 Å². The summed E-state index contributed by atoms with van der Waals surface area (Å²) >= 11 is 0. The normalized spacial score (nSPS) is 10.5. The van der Waals surface area contributed by atoms with E-state index in [0.717, 1.165) is 5.56 Å². The Hall–Kier alpha value is -2.76. The van der Waals surface area contributed by atoms with E-state index in [1.165, 1.54) is 0 Å². The quantitative estimate of drug-likeness (QED) is 0.757. The van der Waals surface area contributed by atoms with Crippen LogP contribution in [0.5, 0.6) is 0 Å². The van der Waals surface area contributed by atoms with E-state index >= 15 is 0 Å². The highest BCUT2D eigenvalue weighted by atomic mass is 16.1. The fourth-order valence-electron chi connectivity index (χ4n) is 1.71. The van der Waals surface area contributed by atoms with E-state index < -0.39 is 0 Å². The van der Waals surface area contributed by atoms with Gasteiger partial charge in [0.2, 0.25) is 0 Å². The van der Waals surface area contributed by atoms with Gasteiger partial charge in [-0.1, -0.05) is 6.07 Å². The predicted molar refractivity (Wildman–Crippen MR) is 68.4 cm³/mol. The molecule has 19 heavy (non-hydrogen) atoms. The van der Waals surface area contributed by atoms with Crippen LogP contribution in [0.2, 0.25) is 0 Å². The number of hydrogen-bond acceptors (Lipinski definition) is 4. The van der Waals surface area contributed by atoms with Crippen LogP contribution < -0.4 is 5.32 Å². The number of fused-ring (bicyclic) bond motifs is 1. The topological polar surface area (TPSA) is 72.2 Å². The van der Waals surface area contributed by atoms with Crippen molar-refractivity contribution in [2.75, 3.05) is 0 Å². The molecule has 94 valence electrons. The van der Waals surface area contributed by atoms with Gasteiger partial charge in [0.05, 0.1) is 0 Å². The molecule has 0 atom stereocenters. The summed E-state index contributed by atoms with van der Waals surface area (Å²) in [6, 6.07) is 7.14. The van der Waals surface area contributed by atoms with Gasteiger partial charge in [-0.3, -0.25) is 9.78 Å². The predicted octanol–water partition coefficient (Wildman–Crippen LogP) is 1.05. The monoisotopic (exact) mass is 253 g/mol. The van der Waals surface area contributed by atoms with Crippen molar-refractivity contribution in [1.82, 2.24) is 24.9 Å². The Balaban J connectivity index is 1.73. The lowest BCUT2D eigenvalue weighted by atomic mass is 10.3. The lowest BCUT2D eigenvalue weighted by Gasteiger charge is -2.04. The van der Waals surface area contributed by atoms with Gasteiger partial charge in [0, 0.05) is 31.3 Å². The second kappa shape index (κ2) is 4.85. The van der Waals surface area contributed by atoms with Crippen LogP contribution >= 0.6 is 0 Å². The number of carbonyl (C=O) groups is 1. The third-order valence-electron chi connectivity index (χ3n) is 2.66. The van der Waals surface area contributed by atoms with Gasteiger partial charge in [0.1, 0.15) is 5.69 Å². The molecule has 0 spiro atoms. The van der Waals surface area contributed by atoms with E-state index in [0.29, 0.717) is 17.9 Å². The zero-order chi connectivity index (χ0) is 13.1. The number of aromatic nitrogens is 4. The molecule has 0 aliphatic rings. The van der Waals surface area contributed by atoms with Crippen LogP contribution in [0, 0.1) is 0 Å². The van der Waals surface area contributed by atoms with Crippen LogP contribution in [0.15, 0.2) is 49.1 Å². The Morgan fingerprint density at radius 2 is 2.21 bits per heavy atom. The molecule has 0 bridgehead atoms. The highest BCUT2D eigenvalue weighted by Gasteiger charge is 2.08. The molecule has 3 heterocycles. The minimum atomic E-state index is -0.223. The van der Waals surface area contributed by atoms with Crippen molar-refractivity contribution < 1.29 is 4.79 Å². The van der Waals surface area contributed by atoms with Gasteiger partial charge in [-0.2, -0.15) is 5.10 Å². The maximum atomic E-state index is 12.0. The van der Waals surface area contributed by atoms with Crippen LogP contribution in [0.1, 0.15) is 16.1 Å². The molecule has 0 saturated heterocycles. The summed E-state index contributed by atoms with van der Waals surface area (Å²) < 4.78 is 1.57. The van der Waals surface area contributed by atoms with Crippen molar-refractivity contribution in [3.05, 3.63) is 60.3 Å². The lowest BCUT2D eigenvalue weighted by molar-refractivity contribution is 0.0944. The molecule has 1 amide bonds. The number of hydrogen-bond donors (Lipinski definition) is 1. The first-order valence-electron chi connectivity index (χ1n) is 5.80. The summed E-state index contributed by atoms with van der Waals surface area (Å²) in [7, 11) is 0. The number of amides is 1. The summed E-state index contributed by atoms with van der Waals surface area (Å²) in [4.78, 5) is 20.0. The van der Waals surface area contributed by atoms with Crippen LogP contribution in [-0.2, 0) is 6.54 Å². The molecule has 6 heteroatoms. The highest BCUT2D eigenvalue weighted by molar-refractivity contribution is 5.92. The molecule has 0 aliphatic heterocycles. The van der Waals surface area contributed by atoms with E-state index in [1.807, 2.05) is 12.1 Å². The smallest absolute Gasteiger partial charge is 0.272 e. The summed E-state index contributed by atoms with van der Waals surface area (Å²) in [5.41, 5.74) is 2.01. The standard InChI is InChI=1S/C13H11N5O/c19-13(16-9-10-2-1-5-14-8-10)11-3-4-12-15-6-7-18(12)17-11/h1-8H,9H2,(H,16,19). The van der Waals surface area contributed by atoms with E-state index in [4.69, 9.17) is 0 Å². The average molecular weight is 253 g/mol. The first-order valence-corrected chi connectivity index (χ1v) is 5.80. The maximum absolute atomic E-state index is 12.0. The molecule has 3 aromatic rings. The number of imidazole rings is 1. The van der Waals surface area contributed by atoms with E-state index in [-0.39, 0.29) is 5.91 Å². The SMILES string of the molecule is O=C(NCc1cccnc1)c1ccc2nccn2n1. The van der Waals surface area contributed by atoms with Crippen LogP contribution in [0.25, 0.3) is 5.65 Å². The Morgan fingerprint density at radius 3 is 3.05 bits per heavy atom. The number of pyridine rings is 1. The Labute approximate surface area is 109 Å². The van der Waals surface area contributed by atoms with Gasteiger partial charge < -0.3 is 5.32 Å². The molecule has 0 aliphatic carbocycles. The fraction of sp³-hybridized carbons (Fsp3) is 0.0769. The second-order valence-corrected chi connectivity index (χ2v) is 3.99. The third-order valence-corrected chi connectivity index (χ3v) is 2.66. The van der Waals surface area contributed by atoms with Gasteiger partial charge in [-0.15, -0.1) is 0 Å². The Kier molecular flexibility index (Phi) is 2.89. The van der Waals surface area contributed by atoms with Crippen molar-refractivity contribution in [2.24, 2.45) is 0 Å². The fourth-order valence-corrected chi connectivity index (χ4v) is 1.71. The van der Waals surface area contributed by atoms with Crippen molar-refractivity contribution in [3.8, 4) is 0 Å². The largest absolute Gasteiger partial charge is 0.347 e. The molecule has 3 rings (SSSR count). The maximum Gasteiger partial charge on any atom is 0.272 e. The van der Waals surface area contributed by atoms with Gasteiger partial charge in [0.25, 0.3) is 5.91 Å². The zero-order valence-corrected chi connectivity index (χ0v) is 10.0. The van der Waals surface area contributed by atoms with Gasteiger partial charge in [-0.25, -0.2) is 9.50 Å². The molecule has 0 radical (unpaired) electrons. The van der Waals surface area contributed by atoms with Crippen molar-refractivity contribution in [2.45, 2.75) is 6.54 Å². The van der Waals surface area contributed by atoms with Crippen molar-refractivity contribution in [1.29, 1.82) is 0 Å². The number of rotatable bonds is 3. The van der Waals surface area contributed by atoms with E-state index in [9.17, 15) is 4.79 Å². The van der Waals surface area contributed by atoms with Crippen molar-refractivity contribution >= 4 is 11.6 Å². The van der Waals surface area contributed by atoms with Gasteiger partial charge in [0.15, 0.2) is 5.65 Å². The molecule has 0 aromatic carbocycles. The van der Waals surface area contributed by atoms with Gasteiger partial charge in [-0.05, 0) is 23.8 Å². The number of nitrogens with one attached hydrogen (secondary N) is 1. The van der Waals surface area contributed by atoms with Crippen LogP contribution in [0.4, 0.5) is 0 Å². The van der Waals surface area contributed by atoms with Gasteiger partial charge >= 0.3 is 0 Å². The minimum absolute atomic E-state index is 0.223. The number of nitrogens with zero attached hydrogens (tertiary/aromatic N) is 4. The third kappa shape index (κ3) is 2.42. The average Bonchev–Trinajstić information content (AvgIpc) is 2.93.